The van der Waals surface area contributed by atoms with Gasteiger partial charge in [-0.2, -0.15) is 0 Å². The van der Waals surface area contributed by atoms with E-state index in [-0.39, 0.29) is 17.8 Å². The van der Waals surface area contributed by atoms with Crippen molar-refractivity contribution in [1.82, 2.24) is 4.90 Å². The number of rotatable bonds is 4. The summed E-state index contributed by atoms with van der Waals surface area (Å²) in [5.41, 5.74) is 3.02. The maximum atomic E-state index is 12.3. The van der Waals surface area contributed by atoms with E-state index < -0.39 is 11.6 Å². The van der Waals surface area contributed by atoms with Gasteiger partial charge in [-0.25, -0.2) is 9.59 Å². The Morgan fingerprint density at radius 1 is 1.00 bits per heavy atom. The van der Waals surface area contributed by atoms with E-state index in [1.807, 2.05) is 45.0 Å². The highest BCUT2D eigenvalue weighted by atomic mass is 16.6. The molecule has 2 heterocycles. The largest absolute Gasteiger partial charge is 0.490 e. The smallest absolute Gasteiger partial charge is 0.410 e. The Morgan fingerprint density at radius 3 is 2.31 bits per heavy atom. The van der Waals surface area contributed by atoms with E-state index >= 15 is 0 Å². The fraction of sp³-hybridized carbons (Fsp3) is 0.440. The molecule has 32 heavy (non-hydrogen) atoms. The first-order valence-corrected chi connectivity index (χ1v) is 11.1. The van der Waals surface area contributed by atoms with E-state index in [1.54, 1.807) is 17.0 Å². The van der Waals surface area contributed by atoms with Crippen LogP contribution >= 0.6 is 0 Å². The summed E-state index contributed by atoms with van der Waals surface area (Å²) in [6.07, 6.45) is 2.19. The van der Waals surface area contributed by atoms with Gasteiger partial charge in [0.1, 0.15) is 17.5 Å². The lowest BCUT2D eigenvalue weighted by molar-refractivity contribution is 0.0126. The number of carbonyl (C=O) groups excluding carboxylic acids is 1. The maximum absolute atomic E-state index is 12.3. The van der Waals surface area contributed by atoms with E-state index in [9.17, 15) is 9.59 Å². The van der Waals surface area contributed by atoms with Gasteiger partial charge in [-0.15, -0.1) is 0 Å². The molecule has 2 aliphatic rings. The summed E-state index contributed by atoms with van der Waals surface area (Å²) in [5, 5.41) is 9.13. The fourth-order valence-electron chi connectivity index (χ4n) is 4.23. The predicted molar refractivity (Wildman–Crippen MR) is 122 cm³/mol. The van der Waals surface area contributed by atoms with Crippen LogP contribution in [-0.4, -0.2) is 53.4 Å². The fourth-order valence-corrected chi connectivity index (χ4v) is 4.23. The second kappa shape index (κ2) is 8.73. The number of piperidine rings is 1. The highest BCUT2D eigenvalue weighted by molar-refractivity contribution is 5.88. The van der Waals surface area contributed by atoms with Gasteiger partial charge in [0.2, 0.25) is 0 Å². The minimum Gasteiger partial charge on any atom is -0.490 e. The molecule has 0 bridgehead atoms. The van der Waals surface area contributed by atoms with Crippen molar-refractivity contribution < 1.29 is 24.2 Å². The molecule has 4 rings (SSSR count). The normalized spacial score (nSPS) is 16.6. The molecule has 2 aromatic carbocycles. The van der Waals surface area contributed by atoms with Gasteiger partial charge in [-0.05, 0) is 63.6 Å². The van der Waals surface area contributed by atoms with Gasteiger partial charge in [0, 0.05) is 49.4 Å². The van der Waals surface area contributed by atoms with E-state index in [0.717, 1.165) is 42.9 Å². The average Bonchev–Trinajstić information content (AvgIpc) is 3.18. The number of hydrogen-bond acceptors (Lipinski definition) is 5. The highest BCUT2D eigenvalue weighted by Crippen LogP contribution is 2.40. The molecule has 0 radical (unpaired) electrons. The van der Waals surface area contributed by atoms with Crippen molar-refractivity contribution in [1.29, 1.82) is 0 Å². The number of carboxylic acids is 1. The van der Waals surface area contributed by atoms with Crippen LogP contribution in [0.1, 0.15) is 49.5 Å². The maximum Gasteiger partial charge on any atom is 0.410 e. The van der Waals surface area contributed by atoms with Crippen molar-refractivity contribution in [2.24, 2.45) is 0 Å². The van der Waals surface area contributed by atoms with Gasteiger partial charge < -0.3 is 24.4 Å². The molecule has 2 aliphatic heterocycles. The molecular formula is C25H30N2O5. The monoisotopic (exact) mass is 438 g/mol. The molecular weight excluding hydrogens is 408 g/mol. The van der Waals surface area contributed by atoms with Gasteiger partial charge >= 0.3 is 12.1 Å². The molecule has 1 fully saturated rings. The van der Waals surface area contributed by atoms with Crippen LogP contribution in [-0.2, 0) is 11.2 Å². The Labute approximate surface area is 188 Å². The highest BCUT2D eigenvalue weighted by Gasteiger charge is 2.29. The lowest BCUT2D eigenvalue weighted by Crippen LogP contribution is -2.44. The Bertz CT molecular complexity index is 988. The molecule has 1 amide bonds. The number of fused-ring (bicyclic) bond motifs is 1. The number of aromatic carboxylic acids is 1. The van der Waals surface area contributed by atoms with E-state index in [0.29, 0.717) is 13.1 Å². The first-order valence-electron chi connectivity index (χ1n) is 11.1. The number of carboxylic acid groups (broad SMARTS) is 1. The van der Waals surface area contributed by atoms with Crippen molar-refractivity contribution in [3.63, 3.8) is 0 Å². The summed E-state index contributed by atoms with van der Waals surface area (Å²) in [6, 6.07) is 13.0. The molecule has 0 unspecified atom stereocenters. The van der Waals surface area contributed by atoms with Crippen molar-refractivity contribution in [3.05, 3.63) is 53.6 Å². The Hall–Kier alpha value is -3.22. The third-order valence-corrected chi connectivity index (χ3v) is 5.80. The first-order chi connectivity index (χ1) is 15.2. The third kappa shape index (κ3) is 4.82. The number of anilines is 2. The Morgan fingerprint density at radius 2 is 1.69 bits per heavy atom. The molecule has 0 aromatic heterocycles. The molecule has 7 nitrogen and oxygen atoms in total. The van der Waals surface area contributed by atoms with Crippen LogP contribution in [0.15, 0.2) is 42.5 Å². The molecule has 0 aliphatic carbocycles. The average molecular weight is 439 g/mol. The van der Waals surface area contributed by atoms with Crippen molar-refractivity contribution >= 4 is 23.4 Å². The van der Waals surface area contributed by atoms with Crippen LogP contribution in [0, 0.1) is 0 Å². The summed E-state index contributed by atoms with van der Waals surface area (Å²) < 4.78 is 11.9. The zero-order valence-corrected chi connectivity index (χ0v) is 18.8. The minimum absolute atomic E-state index is 0.0593. The SMILES string of the molecule is CC(C)(C)OC(=O)N1CCC(Oc2cccc3c2CCN3c2ccc(C(=O)O)cc2)CC1. The van der Waals surface area contributed by atoms with E-state index in [2.05, 4.69) is 11.0 Å². The van der Waals surface area contributed by atoms with Crippen LogP contribution in [0.4, 0.5) is 16.2 Å². The Balaban J connectivity index is 1.41. The number of likely N-dealkylation sites (tertiary alicyclic amines) is 1. The summed E-state index contributed by atoms with van der Waals surface area (Å²) in [7, 11) is 0. The second-order valence-corrected chi connectivity index (χ2v) is 9.29. The molecule has 0 spiro atoms. The van der Waals surface area contributed by atoms with Crippen molar-refractivity contribution in [3.8, 4) is 5.75 Å². The van der Waals surface area contributed by atoms with Crippen LogP contribution in [0.2, 0.25) is 0 Å². The van der Waals surface area contributed by atoms with Crippen LogP contribution in [0.3, 0.4) is 0 Å². The topological polar surface area (TPSA) is 79.3 Å². The number of ether oxygens (including phenoxy) is 2. The molecule has 1 N–H and O–H groups in total. The zero-order valence-electron chi connectivity index (χ0n) is 18.8. The van der Waals surface area contributed by atoms with Crippen LogP contribution in [0.25, 0.3) is 0 Å². The number of nitrogens with zero attached hydrogens (tertiary/aromatic N) is 2. The number of hydrogen-bond donors (Lipinski definition) is 1. The number of carbonyl (C=O) groups is 2. The van der Waals surface area contributed by atoms with Gasteiger partial charge in [0.05, 0.1) is 5.56 Å². The van der Waals surface area contributed by atoms with Gasteiger partial charge in [0.25, 0.3) is 0 Å². The summed E-state index contributed by atoms with van der Waals surface area (Å²) in [6.45, 7) is 7.69. The summed E-state index contributed by atoms with van der Waals surface area (Å²) in [4.78, 5) is 27.4. The third-order valence-electron chi connectivity index (χ3n) is 5.80. The molecule has 0 saturated carbocycles. The predicted octanol–water partition coefficient (Wildman–Crippen LogP) is 4.86. The second-order valence-electron chi connectivity index (χ2n) is 9.29. The van der Waals surface area contributed by atoms with E-state index in [4.69, 9.17) is 14.6 Å². The quantitative estimate of drug-likeness (QED) is 0.735. The number of benzene rings is 2. The minimum atomic E-state index is -0.924. The van der Waals surface area contributed by atoms with Gasteiger partial charge in [-0.1, -0.05) is 6.07 Å². The number of amides is 1. The summed E-state index contributed by atoms with van der Waals surface area (Å²) in [5.74, 6) is -0.0327. The first kappa shape index (κ1) is 22.0. The molecule has 170 valence electrons. The van der Waals surface area contributed by atoms with Crippen molar-refractivity contribution in [2.45, 2.75) is 51.7 Å². The van der Waals surface area contributed by atoms with E-state index in [1.165, 1.54) is 5.56 Å². The zero-order chi connectivity index (χ0) is 22.9. The lowest BCUT2D eigenvalue weighted by Gasteiger charge is -2.33. The summed E-state index contributed by atoms with van der Waals surface area (Å²) >= 11 is 0. The standard InChI is InChI=1S/C25H30N2O5/c1-25(2,3)32-24(30)26-14-11-19(12-15-26)31-22-6-4-5-21-20(22)13-16-27(21)18-9-7-17(8-10-18)23(28)29/h4-10,19H,11-16H2,1-3H3,(H,28,29). The molecule has 2 aromatic rings. The molecule has 7 heteroatoms. The van der Waals surface area contributed by atoms with Crippen LogP contribution in [0.5, 0.6) is 5.75 Å². The molecule has 0 atom stereocenters. The van der Waals surface area contributed by atoms with Gasteiger partial charge in [-0.3, -0.25) is 0 Å². The lowest BCUT2D eigenvalue weighted by atomic mass is 10.1. The van der Waals surface area contributed by atoms with Gasteiger partial charge in [0.15, 0.2) is 0 Å². The molecule has 1 saturated heterocycles. The Kier molecular flexibility index (Phi) is 6.00. The van der Waals surface area contributed by atoms with Crippen molar-refractivity contribution in [2.75, 3.05) is 24.5 Å². The van der Waals surface area contributed by atoms with Crippen LogP contribution < -0.4 is 9.64 Å².